The maximum atomic E-state index is 12.9. The molecule has 1 unspecified atom stereocenters. The maximum Gasteiger partial charge on any atom is 0.227 e. The molecule has 0 aromatic carbocycles. The summed E-state index contributed by atoms with van der Waals surface area (Å²) >= 11 is 0. The van der Waals surface area contributed by atoms with E-state index in [4.69, 9.17) is 0 Å². The molecule has 4 rings (SSSR count). The van der Waals surface area contributed by atoms with Crippen LogP contribution in [0.3, 0.4) is 0 Å². The molecule has 25 heavy (non-hydrogen) atoms. The summed E-state index contributed by atoms with van der Waals surface area (Å²) in [5.41, 5.74) is 0. The van der Waals surface area contributed by atoms with Crippen molar-refractivity contribution < 1.29 is 9.59 Å². The molecule has 0 radical (unpaired) electrons. The first kappa shape index (κ1) is 16.4. The average Bonchev–Trinajstić information content (AvgIpc) is 3.53. The quantitative estimate of drug-likeness (QED) is 0.833. The van der Waals surface area contributed by atoms with E-state index in [1.54, 1.807) is 6.20 Å². The van der Waals surface area contributed by atoms with E-state index in [2.05, 4.69) is 9.88 Å². The van der Waals surface area contributed by atoms with Gasteiger partial charge in [-0.1, -0.05) is 6.07 Å². The number of pyridine rings is 1. The van der Waals surface area contributed by atoms with Gasteiger partial charge in [-0.25, -0.2) is 4.98 Å². The molecule has 6 heteroatoms. The fourth-order valence-electron chi connectivity index (χ4n) is 3.92. The lowest BCUT2D eigenvalue weighted by atomic mass is 9.95. The van der Waals surface area contributed by atoms with Crippen LogP contribution in [0.5, 0.6) is 0 Å². The molecule has 2 amide bonds. The third-order valence-electron chi connectivity index (χ3n) is 5.57. The van der Waals surface area contributed by atoms with E-state index in [-0.39, 0.29) is 23.7 Å². The number of anilines is 1. The fourth-order valence-corrected chi connectivity index (χ4v) is 3.92. The summed E-state index contributed by atoms with van der Waals surface area (Å²) in [6.07, 6.45) is 5.73. The predicted octanol–water partition coefficient (Wildman–Crippen LogP) is 1.38. The number of aromatic nitrogens is 1. The molecule has 3 heterocycles. The topological polar surface area (TPSA) is 56.8 Å². The Morgan fingerprint density at radius 1 is 0.880 bits per heavy atom. The average molecular weight is 342 g/mol. The molecule has 1 aliphatic carbocycles. The SMILES string of the molecule is O=C(C1CCCN(C(=O)C2CC2)C1)N1CCN(c2ccccn2)CC1. The lowest BCUT2D eigenvalue weighted by Gasteiger charge is -2.39. The van der Waals surface area contributed by atoms with Crippen LogP contribution in [0.25, 0.3) is 0 Å². The zero-order valence-electron chi connectivity index (χ0n) is 14.6. The van der Waals surface area contributed by atoms with E-state index >= 15 is 0 Å². The highest BCUT2D eigenvalue weighted by Gasteiger charge is 2.38. The van der Waals surface area contributed by atoms with Gasteiger partial charge < -0.3 is 14.7 Å². The van der Waals surface area contributed by atoms with Crippen molar-refractivity contribution >= 4 is 17.6 Å². The smallest absolute Gasteiger partial charge is 0.227 e. The Morgan fingerprint density at radius 3 is 2.32 bits per heavy atom. The second-order valence-corrected chi connectivity index (χ2v) is 7.40. The molecule has 3 fully saturated rings. The molecular weight excluding hydrogens is 316 g/mol. The molecule has 1 aromatic rings. The van der Waals surface area contributed by atoms with Crippen molar-refractivity contribution in [2.45, 2.75) is 25.7 Å². The van der Waals surface area contributed by atoms with Crippen molar-refractivity contribution in [3.63, 3.8) is 0 Å². The van der Waals surface area contributed by atoms with Crippen LogP contribution in [-0.2, 0) is 9.59 Å². The Morgan fingerprint density at radius 2 is 1.64 bits per heavy atom. The van der Waals surface area contributed by atoms with Gasteiger partial charge in [0.2, 0.25) is 11.8 Å². The molecule has 0 N–H and O–H groups in total. The van der Waals surface area contributed by atoms with Gasteiger partial charge in [0.1, 0.15) is 5.82 Å². The standard InChI is InChI=1S/C19H26N4O2/c24-18(15-6-7-15)23-9-3-4-16(14-23)19(25)22-12-10-21(11-13-22)17-5-1-2-8-20-17/h1-2,5,8,15-16H,3-4,6-7,9-14H2. The lowest BCUT2D eigenvalue weighted by molar-refractivity contribution is -0.141. The van der Waals surface area contributed by atoms with Gasteiger partial charge in [-0.15, -0.1) is 0 Å². The fraction of sp³-hybridized carbons (Fsp3) is 0.632. The summed E-state index contributed by atoms with van der Waals surface area (Å²) in [4.78, 5) is 35.7. The number of likely N-dealkylation sites (tertiary alicyclic amines) is 1. The van der Waals surface area contributed by atoms with Crippen molar-refractivity contribution in [2.24, 2.45) is 11.8 Å². The van der Waals surface area contributed by atoms with Crippen LogP contribution in [0.15, 0.2) is 24.4 Å². The maximum absolute atomic E-state index is 12.9. The van der Waals surface area contributed by atoms with Crippen molar-refractivity contribution in [2.75, 3.05) is 44.2 Å². The lowest BCUT2D eigenvalue weighted by Crippen LogP contribution is -2.53. The summed E-state index contributed by atoms with van der Waals surface area (Å²) in [6, 6.07) is 5.92. The van der Waals surface area contributed by atoms with Crippen LogP contribution in [-0.4, -0.2) is 65.9 Å². The first-order valence-electron chi connectivity index (χ1n) is 9.46. The van der Waals surface area contributed by atoms with Gasteiger partial charge in [-0.2, -0.15) is 0 Å². The summed E-state index contributed by atoms with van der Waals surface area (Å²) in [6.45, 7) is 4.56. The highest BCUT2D eigenvalue weighted by atomic mass is 16.2. The van der Waals surface area contributed by atoms with E-state index < -0.39 is 0 Å². The zero-order valence-corrected chi connectivity index (χ0v) is 14.6. The Hall–Kier alpha value is -2.11. The predicted molar refractivity (Wildman–Crippen MR) is 95.1 cm³/mol. The van der Waals surface area contributed by atoms with E-state index in [0.717, 1.165) is 64.2 Å². The summed E-state index contributed by atoms with van der Waals surface area (Å²) in [5, 5.41) is 0. The van der Waals surface area contributed by atoms with Gasteiger partial charge >= 0.3 is 0 Å². The van der Waals surface area contributed by atoms with E-state index in [1.807, 2.05) is 28.0 Å². The molecule has 2 saturated heterocycles. The van der Waals surface area contributed by atoms with E-state index in [0.29, 0.717) is 6.54 Å². The van der Waals surface area contributed by atoms with Gasteiger partial charge in [0.15, 0.2) is 0 Å². The van der Waals surface area contributed by atoms with E-state index in [9.17, 15) is 9.59 Å². The number of piperidine rings is 1. The Balaban J connectivity index is 1.31. The Kier molecular flexibility index (Phi) is 4.59. The minimum absolute atomic E-state index is 0.0159. The molecular formula is C19H26N4O2. The normalized spacial score (nSPS) is 24.3. The van der Waals surface area contributed by atoms with Gasteiger partial charge in [-0.05, 0) is 37.8 Å². The van der Waals surface area contributed by atoms with Gasteiger partial charge in [-0.3, -0.25) is 9.59 Å². The third kappa shape index (κ3) is 3.62. The molecule has 0 bridgehead atoms. The molecule has 2 aliphatic heterocycles. The van der Waals surface area contributed by atoms with Crippen LogP contribution in [0.1, 0.15) is 25.7 Å². The van der Waals surface area contributed by atoms with Crippen molar-refractivity contribution in [3.05, 3.63) is 24.4 Å². The van der Waals surface area contributed by atoms with Crippen LogP contribution >= 0.6 is 0 Å². The Labute approximate surface area is 148 Å². The summed E-state index contributed by atoms with van der Waals surface area (Å²) < 4.78 is 0. The first-order chi connectivity index (χ1) is 12.2. The van der Waals surface area contributed by atoms with Crippen LogP contribution in [0, 0.1) is 11.8 Å². The third-order valence-corrected chi connectivity index (χ3v) is 5.57. The number of hydrogen-bond donors (Lipinski definition) is 0. The molecule has 3 aliphatic rings. The highest BCUT2D eigenvalue weighted by Crippen LogP contribution is 2.32. The monoisotopic (exact) mass is 342 g/mol. The van der Waals surface area contributed by atoms with Gasteiger partial charge in [0.25, 0.3) is 0 Å². The largest absolute Gasteiger partial charge is 0.353 e. The molecule has 6 nitrogen and oxygen atoms in total. The minimum atomic E-state index is -0.0159. The van der Waals surface area contributed by atoms with Crippen LogP contribution < -0.4 is 4.90 Å². The first-order valence-corrected chi connectivity index (χ1v) is 9.46. The summed E-state index contributed by atoms with van der Waals surface area (Å²) in [5.74, 6) is 1.72. The summed E-state index contributed by atoms with van der Waals surface area (Å²) in [7, 11) is 0. The zero-order chi connectivity index (χ0) is 17.2. The second kappa shape index (κ2) is 7.02. The molecule has 0 spiro atoms. The number of nitrogens with zero attached hydrogens (tertiary/aromatic N) is 4. The minimum Gasteiger partial charge on any atom is -0.353 e. The Bertz CT molecular complexity index is 624. The number of amides is 2. The molecule has 1 saturated carbocycles. The van der Waals surface area contributed by atoms with Crippen LogP contribution in [0.2, 0.25) is 0 Å². The second-order valence-electron chi connectivity index (χ2n) is 7.40. The number of hydrogen-bond acceptors (Lipinski definition) is 4. The highest BCUT2D eigenvalue weighted by molar-refractivity contribution is 5.83. The van der Waals surface area contributed by atoms with Gasteiger partial charge in [0.05, 0.1) is 5.92 Å². The van der Waals surface area contributed by atoms with Crippen molar-refractivity contribution in [3.8, 4) is 0 Å². The molecule has 1 atom stereocenters. The number of carbonyl (C=O) groups excluding carboxylic acids is 2. The van der Waals surface area contributed by atoms with Crippen molar-refractivity contribution in [1.29, 1.82) is 0 Å². The van der Waals surface area contributed by atoms with Crippen LogP contribution in [0.4, 0.5) is 5.82 Å². The molecule has 1 aromatic heterocycles. The van der Waals surface area contributed by atoms with E-state index in [1.165, 1.54) is 0 Å². The molecule has 134 valence electrons. The number of piperazine rings is 1. The number of carbonyl (C=O) groups is 2. The van der Waals surface area contributed by atoms with Gasteiger partial charge in [0, 0.05) is 51.4 Å². The number of rotatable bonds is 3. The van der Waals surface area contributed by atoms with Crippen molar-refractivity contribution in [1.82, 2.24) is 14.8 Å².